The molecular formula is C12H10ClN3O2. The molecule has 1 amide bonds. The van der Waals surface area contributed by atoms with Crippen molar-refractivity contribution < 1.29 is 4.79 Å². The fourth-order valence-corrected chi connectivity index (χ4v) is 1.52. The lowest BCUT2D eigenvalue weighted by Gasteiger charge is -2.04. The molecule has 1 N–H and O–H groups in total. The molecular weight excluding hydrogens is 254 g/mol. The number of amides is 1. The third kappa shape index (κ3) is 2.41. The zero-order valence-corrected chi connectivity index (χ0v) is 10.1. The number of hydrogen-bond donors (Lipinski definition) is 1. The van der Waals surface area contributed by atoms with Crippen LogP contribution in [0.3, 0.4) is 0 Å². The van der Waals surface area contributed by atoms with Gasteiger partial charge in [-0.15, -0.1) is 0 Å². The minimum atomic E-state index is -0.521. The number of rotatable bonds is 3. The predicted molar refractivity (Wildman–Crippen MR) is 68.8 cm³/mol. The molecule has 0 saturated heterocycles. The molecule has 0 unspecified atom stereocenters. The van der Waals surface area contributed by atoms with Crippen molar-refractivity contribution in [2.45, 2.75) is 0 Å². The van der Waals surface area contributed by atoms with Crippen LogP contribution in [0.2, 0.25) is 0 Å². The zero-order valence-electron chi connectivity index (χ0n) is 9.39. The fraction of sp³-hybridized carbons (Fsp3) is 0.0833. The molecule has 2 aromatic heterocycles. The number of halogens is 1. The Morgan fingerprint density at radius 1 is 1.50 bits per heavy atom. The Balaban J connectivity index is 2.40. The van der Waals surface area contributed by atoms with Gasteiger partial charge in [-0.1, -0.05) is 24.2 Å². The second-order valence-corrected chi connectivity index (χ2v) is 4.14. The van der Waals surface area contributed by atoms with Crippen LogP contribution >= 0.6 is 11.6 Å². The number of aromatic nitrogens is 2. The maximum absolute atomic E-state index is 12.0. The quantitative estimate of drug-likeness (QED) is 0.904. The Labute approximate surface area is 108 Å². The van der Waals surface area contributed by atoms with Gasteiger partial charge in [0, 0.05) is 17.4 Å². The summed E-state index contributed by atoms with van der Waals surface area (Å²) in [6.07, 6.45) is 2.81. The fourth-order valence-electron chi connectivity index (χ4n) is 1.45. The number of nitrogens with zero attached hydrogens (tertiary/aromatic N) is 2. The summed E-state index contributed by atoms with van der Waals surface area (Å²) in [6.45, 7) is 3.55. The van der Waals surface area contributed by atoms with E-state index in [9.17, 15) is 9.59 Å². The molecule has 6 heteroatoms. The van der Waals surface area contributed by atoms with Gasteiger partial charge in [-0.25, -0.2) is 4.98 Å². The summed E-state index contributed by atoms with van der Waals surface area (Å²) >= 11 is 5.54. The van der Waals surface area contributed by atoms with Gasteiger partial charge in [0.05, 0.1) is 6.54 Å². The van der Waals surface area contributed by atoms with E-state index in [1.165, 1.54) is 10.6 Å². The van der Waals surface area contributed by atoms with Gasteiger partial charge < -0.3 is 5.32 Å². The van der Waals surface area contributed by atoms with Gasteiger partial charge in [0.15, 0.2) is 0 Å². The molecule has 0 aliphatic rings. The second kappa shape index (κ2) is 5.01. The lowest BCUT2D eigenvalue weighted by molar-refractivity contribution is 0.0955. The van der Waals surface area contributed by atoms with Crippen LogP contribution in [0.4, 0.5) is 0 Å². The van der Waals surface area contributed by atoms with Gasteiger partial charge in [-0.3, -0.25) is 14.0 Å². The SMILES string of the molecule is C=C(Cl)CNC(=O)c1cnc2ccccn2c1=O. The van der Waals surface area contributed by atoms with Crippen LogP contribution in [0.25, 0.3) is 5.65 Å². The highest BCUT2D eigenvalue weighted by Crippen LogP contribution is 1.98. The van der Waals surface area contributed by atoms with Crippen LogP contribution in [-0.4, -0.2) is 21.8 Å². The summed E-state index contributed by atoms with van der Waals surface area (Å²) in [4.78, 5) is 27.8. The van der Waals surface area contributed by atoms with Crippen molar-refractivity contribution in [1.82, 2.24) is 14.7 Å². The average molecular weight is 264 g/mol. The number of fused-ring (bicyclic) bond motifs is 1. The summed E-state index contributed by atoms with van der Waals surface area (Å²) < 4.78 is 1.31. The first-order valence-electron chi connectivity index (χ1n) is 5.17. The van der Waals surface area contributed by atoms with Gasteiger partial charge in [0.1, 0.15) is 11.2 Å². The van der Waals surface area contributed by atoms with Crippen LogP contribution in [-0.2, 0) is 0 Å². The molecule has 2 aromatic rings. The number of carbonyl (C=O) groups excluding carboxylic acids is 1. The Bertz CT molecular complexity index is 678. The third-order valence-corrected chi connectivity index (χ3v) is 2.43. The van der Waals surface area contributed by atoms with Gasteiger partial charge in [-0.2, -0.15) is 0 Å². The normalized spacial score (nSPS) is 10.3. The Hall–Kier alpha value is -2.14. The molecule has 0 fully saturated rings. The van der Waals surface area contributed by atoms with Gasteiger partial charge in [0.25, 0.3) is 11.5 Å². The van der Waals surface area contributed by atoms with E-state index in [1.54, 1.807) is 24.4 Å². The van der Waals surface area contributed by atoms with E-state index in [1.807, 2.05) is 0 Å². The molecule has 2 rings (SSSR count). The summed E-state index contributed by atoms with van der Waals surface area (Å²) in [6, 6.07) is 5.14. The van der Waals surface area contributed by atoms with Crippen LogP contribution in [0.5, 0.6) is 0 Å². The number of pyridine rings is 1. The zero-order chi connectivity index (χ0) is 13.1. The van der Waals surface area contributed by atoms with Gasteiger partial charge >= 0.3 is 0 Å². The molecule has 0 atom stereocenters. The standard InChI is InChI=1S/C12H10ClN3O2/c1-8(13)6-15-11(17)9-7-14-10-4-2-3-5-16(10)12(9)18/h2-5,7H,1,6H2,(H,15,17). The van der Waals surface area contributed by atoms with Crippen molar-refractivity contribution in [3.8, 4) is 0 Å². The van der Waals surface area contributed by atoms with Crippen LogP contribution in [0.15, 0.2) is 47.0 Å². The third-order valence-electron chi connectivity index (χ3n) is 2.30. The largest absolute Gasteiger partial charge is 0.347 e. The van der Waals surface area contributed by atoms with Crippen LogP contribution < -0.4 is 10.9 Å². The minimum Gasteiger partial charge on any atom is -0.347 e. The first-order chi connectivity index (χ1) is 8.59. The van der Waals surface area contributed by atoms with Crippen molar-refractivity contribution in [3.63, 3.8) is 0 Å². The molecule has 0 aliphatic carbocycles. The maximum Gasteiger partial charge on any atom is 0.270 e. The van der Waals surface area contributed by atoms with Gasteiger partial charge in [0.2, 0.25) is 0 Å². The lowest BCUT2D eigenvalue weighted by atomic mass is 10.3. The van der Waals surface area contributed by atoms with E-state index in [0.717, 1.165) is 0 Å². The van der Waals surface area contributed by atoms with E-state index in [0.29, 0.717) is 5.65 Å². The predicted octanol–water partition coefficient (Wildman–Crippen LogP) is 1.18. The topological polar surface area (TPSA) is 63.5 Å². The second-order valence-electron chi connectivity index (χ2n) is 3.61. The summed E-state index contributed by atoms with van der Waals surface area (Å²) in [5, 5.41) is 2.77. The highest BCUT2D eigenvalue weighted by Gasteiger charge is 2.12. The van der Waals surface area contributed by atoms with Crippen molar-refractivity contribution in [2.75, 3.05) is 6.54 Å². The Morgan fingerprint density at radius 3 is 3.00 bits per heavy atom. The number of nitrogens with one attached hydrogen (secondary N) is 1. The molecule has 92 valence electrons. The molecule has 0 bridgehead atoms. The Morgan fingerprint density at radius 2 is 2.28 bits per heavy atom. The van der Waals surface area contributed by atoms with Crippen LogP contribution in [0.1, 0.15) is 10.4 Å². The maximum atomic E-state index is 12.0. The van der Waals surface area contributed by atoms with E-state index in [2.05, 4.69) is 16.9 Å². The van der Waals surface area contributed by atoms with E-state index < -0.39 is 11.5 Å². The van der Waals surface area contributed by atoms with Crippen molar-refractivity contribution >= 4 is 23.2 Å². The van der Waals surface area contributed by atoms with E-state index >= 15 is 0 Å². The number of hydrogen-bond acceptors (Lipinski definition) is 3. The molecule has 0 spiro atoms. The van der Waals surface area contributed by atoms with E-state index in [4.69, 9.17) is 11.6 Å². The van der Waals surface area contributed by atoms with E-state index in [-0.39, 0.29) is 17.1 Å². The molecule has 0 aliphatic heterocycles. The summed E-state index contributed by atoms with van der Waals surface area (Å²) in [5.74, 6) is -0.521. The average Bonchev–Trinajstić information content (AvgIpc) is 2.37. The monoisotopic (exact) mass is 263 g/mol. The lowest BCUT2D eigenvalue weighted by Crippen LogP contribution is -2.32. The highest BCUT2D eigenvalue weighted by molar-refractivity contribution is 6.29. The minimum absolute atomic E-state index is 0.0309. The first-order valence-corrected chi connectivity index (χ1v) is 5.55. The van der Waals surface area contributed by atoms with Crippen molar-refractivity contribution in [2.24, 2.45) is 0 Å². The molecule has 0 saturated carbocycles. The van der Waals surface area contributed by atoms with Crippen LogP contribution in [0, 0.1) is 0 Å². The first kappa shape index (κ1) is 12.3. The molecule has 2 heterocycles. The molecule has 5 nitrogen and oxygen atoms in total. The van der Waals surface area contributed by atoms with Crippen molar-refractivity contribution in [1.29, 1.82) is 0 Å². The Kier molecular flexibility index (Phi) is 3.43. The molecule has 0 aromatic carbocycles. The van der Waals surface area contributed by atoms with Gasteiger partial charge in [-0.05, 0) is 12.1 Å². The summed E-state index contributed by atoms with van der Waals surface area (Å²) in [5.41, 5.74) is 0.0377. The smallest absolute Gasteiger partial charge is 0.270 e. The number of carbonyl (C=O) groups is 1. The summed E-state index contributed by atoms with van der Waals surface area (Å²) in [7, 11) is 0. The van der Waals surface area contributed by atoms with Crippen molar-refractivity contribution in [3.05, 3.63) is 58.1 Å². The molecule has 18 heavy (non-hydrogen) atoms. The highest BCUT2D eigenvalue weighted by atomic mass is 35.5. The molecule has 0 radical (unpaired) electrons.